The minimum Gasteiger partial charge on any atom is -0.369 e. The quantitative estimate of drug-likeness (QED) is 0.467. The minimum absolute atomic E-state index is 0.0336. The van der Waals surface area contributed by atoms with Gasteiger partial charge in [-0.05, 0) is 32.6 Å². The van der Waals surface area contributed by atoms with Crippen LogP contribution in [-0.2, 0) is 14.3 Å². The maximum absolute atomic E-state index is 12.1. The van der Waals surface area contributed by atoms with Crippen molar-refractivity contribution in [3.05, 3.63) is 0 Å². The highest BCUT2D eigenvalue weighted by Crippen LogP contribution is 2.25. The fourth-order valence-corrected chi connectivity index (χ4v) is 2.17. The van der Waals surface area contributed by atoms with Crippen LogP contribution >= 0.6 is 0 Å². The Bertz CT molecular complexity index is 379. The van der Waals surface area contributed by atoms with Gasteiger partial charge in [-0.2, -0.15) is 0 Å². The van der Waals surface area contributed by atoms with Gasteiger partial charge in [-0.15, -0.1) is 0 Å². The molecule has 148 valence electrons. The smallest absolute Gasteiger partial charge is 0.246 e. The first kappa shape index (κ1) is 23.9. The maximum atomic E-state index is 12.1. The van der Waals surface area contributed by atoms with E-state index in [9.17, 15) is 9.59 Å². The van der Waals surface area contributed by atoms with Crippen molar-refractivity contribution in [1.82, 2.24) is 10.6 Å². The highest BCUT2D eigenvalue weighted by molar-refractivity contribution is 5.82. The van der Waals surface area contributed by atoms with Crippen LogP contribution in [0.3, 0.4) is 0 Å². The molecule has 0 saturated heterocycles. The van der Waals surface area contributed by atoms with Crippen LogP contribution in [0.25, 0.3) is 0 Å². The van der Waals surface area contributed by atoms with Crippen LogP contribution in [0.1, 0.15) is 80.1 Å². The van der Waals surface area contributed by atoms with Gasteiger partial charge in [-0.25, -0.2) is 0 Å². The van der Waals surface area contributed by atoms with Crippen molar-refractivity contribution < 1.29 is 14.3 Å². The minimum atomic E-state index is -0.301. The number of hydrogen-bond acceptors (Lipinski definition) is 3. The van der Waals surface area contributed by atoms with Crippen LogP contribution in [0.2, 0.25) is 0 Å². The van der Waals surface area contributed by atoms with Crippen molar-refractivity contribution in [3.63, 3.8) is 0 Å². The molecule has 5 heteroatoms. The SMILES string of the molecule is CC(C)OCC(=O)NCCCCCCCCNC(=O)C(C)(C)C(C)C. The van der Waals surface area contributed by atoms with Gasteiger partial charge in [0.15, 0.2) is 0 Å². The summed E-state index contributed by atoms with van der Waals surface area (Å²) in [5.41, 5.74) is -0.301. The Balaban J connectivity index is 3.45. The first-order valence-corrected chi connectivity index (χ1v) is 9.84. The number of carbonyl (C=O) groups is 2. The molecule has 0 rings (SSSR count). The van der Waals surface area contributed by atoms with E-state index in [0.29, 0.717) is 5.92 Å². The van der Waals surface area contributed by atoms with Crippen molar-refractivity contribution in [1.29, 1.82) is 0 Å². The Morgan fingerprint density at radius 2 is 1.32 bits per heavy atom. The molecule has 0 heterocycles. The molecule has 0 aliphatic carbocycles. The standard InChI is InChI=1S/C20H40N2O3/c1-16(2)20(5,6)19(24)22-14-12-10-8-7-9-11-13-21-18(23)15-25-17(3)4/h16-17H,7-15H2,1-6H3,(H,21,23)(H,22,24). The van der Waals surface area contributed by atoms with Crippen LogP contribution in [0, 0.1) is 11.3 Å². The molecular formula is C20H40N2O3. The lowest BCUT2D eigenvalue weighted by Crippen LogP contribution is -2.40. The van der Waals surface area contributed by atoms with E-state index >= 15 is 0 Å². The zero-order chi connectivity index (χ0) is 19.3. The third-order valence-corrected chi connectivity index (χ3v) is 4.79. The summed E-state index contributed by atoms with van der Waals surface area (Å²) in [6.07, 6.45) is 6.73. The Hall–Kier alpha value is -1.10. The van der Waals surface area contributed by atoms with E-state index < -0.39 is 0 Å². The molecular weight excluding hydrogens is 316 g/mol. The number of ether oxygens (including phenoxy) is 1. The molecule has 0 atom stereocenters. The summed E-state index contributed by atoms with van der Waals surface area (Å²) in [7, 11) is 0. The molecule has 0 saturated carbocycles. The Labute approximate surface area is 154 Å². The molecule has 0 aliphatic heterocycles. The summed E-state index contributed by atoms with van der Waals surface area (Å²) >= 11 is 0. The molecule has 25 heavy (non-hydrogen) atoms. The van der Waals surface area contributed by atoms with E-state index in [1.807, 2.05) is 27.7 Å². The lowest BCUT2D eigenvalue weighted by atomic mass is 9.80. The Morgan fingerprint density at radius 3 is 1.80 bits per heavy atom. The van der Waals surface area contributed by atoms with Crippen molar-refractivity contribution in [2.24, 2.45) is 11.3 Å². The second-order valence-corrected chi connectivity index (χ2v) is 7.96. The first-order valence-electron chi connectivity index (χ1n) is 9.84. The van der Waals surface area contributed by atoms with Gasteiger partial charge in [0, 0.05) is 18.5 Å². The lowest BCUT2D eigenvalue weighted by Gasteiger charge is -2.27. The molecule has 0 aromatic rings. The molecule has 0 fully saturated rings. The summed E-state index contributed by atoms with van der Waals surface area (Å²) in [6.45, 7) is 13.6. The summed E-state index contributed by atoms with van der Waals surface area (Å²) in [6, 6.07) is 0. The number of nitrogens with one attached hydrogen (secondary N) is 2. The Kier molecular flexibility index (Phi) is 12.6. The van der Waals surface area contributed by atoms with E-state index in [2.05, 4.69) is 24.5 Å². The normalized spacial score (nSPS) is 11.8. The molecule has 0 unspecified atom stereocenters. The van der Waals surface area contributed by atoms with E-state index in [4.69, 9.17) is 4.74 Å². The average molecular weight is 357 g/mol. The first-order chi connectivity index (χ1) is 11.7. The molecule has 5 nitrogen and oxygen atoms in total. The summed E-state index contributed by atoms with van der Waals surface area (Å²) in [5, 5.41) is 5.92. The molecule has 0 bridgehead atoms. The fraction of sp³-hybridized carbons (Fsp3) is 0.900. The predicted molar refractivity (Wildman–Crippen MR) is 103 cm³/mol. The molecule has 2 amide bonds. The summed E-state index contributed by atoms with van der Waals surface area (Å²) in [4.78, 5) is 23.5. The predicted octanol–water partition coefficient (Wildman–Crippen LogP) is 3.67. The van der Waals surface area contributed by atoms with E-state index in [0.717, 1.165) is 38.8 Å². The molecule has 0 aromatic carbocycles. The summed E-state index contributed by atoms with van der Waals surface area (Å²) < 4.78 is 5.25. The van der Waals surface area contributed by atoms with E-state index in [-0.39, 0.29) is 29.9 Å². The summed E-state index contributed by atoms with van der Waals surface area (Å²) in [5.74, 6) is 0.457. The average Bonchev–Trinajstić information content (AvgIpc) is 2.54. The van der Waals surface area contributed by atoms with Crippen molar-refractivity contribution in [2.45, 2.75) is 86.2 Å². The zero-order valence-electron chi connectivity index (χ0n) is 17.2. The highest BCUT2D eigenvalue weighted by atomic mass is 16.5. The number of hydrogen-bond donors (Lipinski definition) is 2. The van der Waals surface area contributed by atoms with Crippen LogP contribution in [0.15, 0.2) is 0 Å². The molecule has 2 N–H and O–H groups in total. The maximum Gasteiger partial charge on any atom is 0.246 e. The second-order valence-electron chi connectivity index (χ2n) is 7.96. The van der Waals surface area contributed by atoms with Crippen LogP contribution in [0.4, 0.5) is 0 Å². The van der Waals surface area contributed by atoms with Crippen LogP contribution < -0.4 is 10.6 Å². The van der Waals surface area contributed by atoms with E-state index in [1.165, 1.54) is 12.8 Å². The van der Waals surface area contributed by atoms with E-state index in [1.54, 1.807) is 0 Å². The van der Waals surface area contributed by atoms with Crippen molar-refractivity contribution in [3.8, 4) is 0 Å². The van der Waals surface area contributed by atoms with Gasteiger partial charge >= 0.3 is 0 Å². The fourth-order valence-electron chi connectivity index (χ4n) is 2.17. The lowest BCUT2D eigenvalue weighted by molar-refractivity contribution is -0.131. The van der Waals surface area contributed by atoms with Gasteiger partial charge in [0.05, 0.1) is 6.10 Å². The third-order valence-electron chi connectivity index (χ3n) is 4.79. The van der Waals surface area contributed by atoms with Crippen LogP contribution in [-0.4, -0.2) is 37.6 Å². The van der Waals surface area contributed by atoms with Gasteiger partial charge in [0.25, 0.3) is 0 Å². The largest absolute Gasteiger partial charge is 0.369 e. The van der Waals surface area contributed by atoms with Crippen molar-refractivity contribution in [2.75, 3.05) is 19.7 Å². The number of amides is 2. The monoisotopic (exact) mass is 356 g/mol. The zero-order valence-corrected chi connectivity index (χ0v) is 17.2. The van der Waals surface area contributed by atoms with Crippen LogP contribution in [0.5, 0.6) is 0 Å². The second kappa shape index (κ2) is 13.2. The van der Waals surface area contributed by atoms with Gasteiger partial charge in [0.2, 0.25) is 11.8 Å². The molecule has 0 spiro atoms. The number of carbonyl (C=O) groups excluding carboxylic acids is 2. The number of rotatable bonds is 14. The number of unbranched alkanes of at least 4 members (excludes halogenated alkanes) is 5. The van der Waals surface area contributed by atoms with Gasteiger partial charge in [-0.1, -0.05) is 53.4 Å². The molecule has 0 radical (unpaired) electrons. The van der Waals surface area contributed by atoms with Gasteiger partial charge < -0.3 is 15.4 Å². The third kappa shape index (κ3) is 12.0. The topological polar surface area (TPSA) is 67.4 Å². The molecule has 0 aliphatic rings. The molecule has 0 aromatic heterocycles. The van der Waals surface area contributed by atoms with Gasteiger partial charge in [-0.3, -0.25) is 9.59 Å². The Morgan fingerprint density at radius 1 is 0.840 bits per heavy atom. The van der Waals surface area contributed by atoms with Gasteiger partial charge in [0.1, 0.15) is 6.61 Å². The highest BCUT2D eigenvalue weighted by Gasteiger charge is 2.30. The van der Waals surface area contributed by atoms with Crippen molar-refractivity contribution >= 4 is 11.8 Å².